The van der Waals surface area contributed by atoms with Crippen LogP contribution in [0.15, 0.2) is 18.2 Å². The molecule has 0 atom stereocenters. The van der Waals surface area contributed by atoms with Crippen LogP contribution >= 0.6 is 0 Å². The first-order chi connectivity index (χ1) is 8.62. The molecule has 18 heavy (non-hydrogen) atoms. The Morgan fingerprint density at radius 2 is 2.00 bits per heavy atom. The van der Waals surface area contributed by atoms with Gasteiger partial charge < -0.3 is 19.3 Å². The molecule has 1 aromatic carbocycles. The van der Waals surface area contributed by atoms with Gasteiger partial charge in [-0.15, -0.1) is 0 Å². The third kappa shape index (κ3) is 2.31. The Hall–Kier alpha value is -1.26. The molecule has 0 heterocycles. The molecule has 1 aromatic rings. The van der Waals surface area contributed by atoms with Gasteiger partial charge in [0.2, 0.25) is 0 Å². The standard InChI is InChI=1S/C14H20O4/c1-4-18-11-8-14(15,9-11)12-6-5-10(16-2)7-13(12)17-3/h5-7,11,15H,4,8-9H2,1-3H3. The highest BCUT2D eigenvalue weighted by atomic mass is 16.5. The monoisotopic (exact) mass is 252 g/mol. The SMILES string of the molecule is CCOC1CC(O)(c2ccc(OC)cc2OC)C1. The van der Waals surface area contributed by atoms with Crippen LogP contribution in [0.2, 0.25) is 0 Å². The molecule has 1 saturated carbocycles. The summed E-state index contributed by atoms with van der Waals surface area (Å²) in [5.41, 5.74) is -0.0287. The highest BCUT2D eigenvalue weighted by Gasteiger charge is 2.46. The number of aliphatic hydroxyl groups is 1. The van der Waals surface area contributed by atoms with Crippen LogP contribution in [0.1, 0.15) is 25.3 Å². The second-order valence-corrected chi connectivity index (χ2v) is 4.58. The molecule has 0 unspecified atom stereocenters. The molecule has 1 fully saturated rings. The maximum Gasteiger partial charge on any atom is 0.128 e. The number of hydrogen-bond acceptors (Lipinski definition) is 4. The predicted molar refractivity (Wildman–Crippen MR) is 68.1 cm³/mol. The highest BCUT2D eigenvalue weighted by molar-refractivity contribution is 5.45. The van der Waals surface area contributed by atoms with Gasteiger partial charge in [0, 0.05) is 31.1 Å². The molecule has 100 valence electrons. The fourth-order valence-electron chi connectivity index (χ4n) is 2.45. The third-order valence-electron chi connectivity index (χ3n) is 3.44. The zero-order valence-electron chi connectivity index (χ0n) is 11.1. The van der Waals surface area contributed by atoms with Crippen LogP contribution in [-0.2, 0) is 10.3 Å². The van der Waals surface area contributed by atoms with E-state index in [9.17, 15) is 5.11 Å². The molecule has 0 aromatic heterocycles. The zero-order valence-corrected chi connectivity index (χ0v) is 11.1. The summed E-state index contributed by atoms with van der Waals surface area (Å²) in [4.78, 5) is 0. The second-order valence-electron chi connectivity index (χ2n) is 4.58. The Labute approximate surface area is 107 Å². The molecule has 0 spiro atoms. The lowest BCUT2D eigenvalue weighted by molar-refractivity contribution is -0.143. The smallest absolute Gasteiger partial charge is 0.128 e. The topological polar surface area (TPSA) is 47.9 Å². The molecule has 1 aliphatic carbocycles. The van der Waals surface area contributed by atoms with Crippen molar-refractivity contribution in [1.29, 1.82) is 0 Å². The minimum absolute atomic E-state index is 0.145. The van der Waals surface area contributed by atoms with E-state index >= 15 is 0 Å². The van der Waals surface area contributed by atoms with Crippen molar-refractivity contribution in [2.24, 2.45) is 0 Å². The summed E-state index contributed by atoms with van der Waals surface area (Å²) < 4.78 is 16.0. The van der Waals surface area contributed by atoms with Gasteiger partial charge in [-0.05, 0) is 19.1 Å². The van der Waals surface area contributed by atoms with E-state index in [1.165, 1.54) is 0 Å². The lowest BCUT2D eigenvalue weighted by atomic mass is 9.72. The zero-order chi connectivity index (χ0) is 13.2. The van der Waals surface area contributed by atoms with Gasteiger partial charge in [-0.2, -0.15) is 0 Å². The first-order valence-electron chi connectivity index (χ1n) is 6.19. The van der Waals surface area contributed by atoms with E-state index in [-0.39, 0.29) is 6.10 Å². The van der Waals surface area contributed by atoms with E-state index < -0.39 is 5.60 Å². The predicted octanol–water partition coefficient (Wildman–Crippen LogP) is 2.09. The normalized spacial score (nSPS) is 26.6. The van der Waals surface area contributed by atoms with Crippen LogP contribution in [0.4, 0.5) is 0 Å². The van der Waals surface area contributed by atoms with Gasteiger partial charge in [0.25, 0.3) is 0 Å². The Bertz CT molecular complexity index is 410. The van der Waals surface area contributed by atoms with Crippen molar-refractivity contribution in [3.05, 3.63) is 23.8 Å². The lowest BCUT2D eigenvalue weighted by Crippen LogP contribution is -2.46. The fourth-order valence-corrected chi connectivity index (χ4v) is 2.45. The molecule has 4 heteroatoms. The summed E-state index contributed by atoms with van der Waals surface area (Å²) >= 11 is 0. The molecule has 0 radical (unpaired) electrons. The van der Waals surface area contributed by atoms with Crippen molar-refractivity contribution in [3.8, 4) is 11.5 Å². The number of methoxy groups -OCH3 is 2. The summed E-state index contributed by atoms with van der Waals surface area (Å²) in [5, 5.41) is 10.6. The van der Waals surface area contributed by atoms with Gasteiger partial charge >= 0.3 is 0 Å². The lowest BCUT2D eigenvalue weighted by Gasteiger charge is -2.44. The van der Waals surface area contributed by atoms with Crippen molar-refractivity contribution in [2.45, 2.75) is 31.5 Å². The molecule has 1 aliphatic rings. The fraction of sp³-hybridized carbons (Fsp3) is 0.571. The second kappa shape index (κ2) is 5.16. The highest BCUT2D eigenvalue weighted by Crippen LogP contribution is 2.46. The molecule has 1 N–H and O–H groups in total. The molecule has 0 bridgehead atoms. The average molecular weight is 252 g/mol. The largest absolute Gasteiger partial charge is 0.497 e. The van der Waals surface area contributed by atoms with Crippen LogP contribution in [0.3, 0.4) is 0 Å². The Kier molecular flexibility index (Phi) is 3.78. The van der Waals surface area contributed by atoms with E-state index in [0.29, 0.717) is 25.2 Å². The van der Waals surface area contributed by atoms with Crippen molar-refractivity contribution in [3.63, 3.8) is 0 Å². The van der Waals surface area contributed by atoms with Crippen LogP contribution in [0.25, 0.3) is 0 Å². The summed E-state index contributed by atoms with van der Waals surface area (Å²) in [6, 6.07) is 5.49. The van der Waals surface area contributed by atoms with Crippen LogP contribution in [-0.4, -0.2) is 32.0 Å². The Balaban J connectivity index is 2.18. The van der Waals surface area contributed by atoms with Gasteiger partial charge in [0.15, 0.2) is 0 Å². The van der Waals surface area contributed by atoms with Crippen molar-refractivity contribution >= 4 is 0 Å². The minimum atomic E-state index is -0.836. The van der Waals surface area contributed by atoms with Crippen molar-refractivity contribution < 1.29 is 19.3 Å². The molecule has 0 saturated heterocycles. The Morgan fingerprint density at radius 3 is 2.56 bits per heavy atom. The van der Waals surface area contributed by atoms with E-state index in [2.05, 4.69) is 0 Å². The van der Waals surface area contributed by atoms with E-state index in [1.807, 2.05) is 19.1 Å². The number of rotatable bonds is 5. The summed E-state index contributed by atoms with van der Waals surface area (Å²) in [6.07, 6.45) is 1.37. The van der Waals surface area contributed by atoms with Crippen LogP contribution < -0.4 is 9.47 Å². The van der Waals surface area contributed by atoms with E-state index in [4.69, 9.17) is 14.2 Å². The molecular weight excluding hydrogens is 232 g/mol. The third-order valence-corrected chi connectivity index (χ3v) is 3.44. The van der Waals surface area contributed by atoms with Gasteiger partial charge in [0.05, 0.1) is 25.9 Å². The molecule has 2 rings (SSSR count). The molecule has 4 nitrogen and oxygen atoms in total. The van der Waals surface area contributed by atoms with E-state index in [0.717, 1.165) is 11.3 Å². The Morgan fingerprint density at radius 1 is 1.28 bits per heavy atom. The minimum Gasteiger partial charge on any atom is -0.497 e. The molecular formula is C14H20O4. The number of ether oxygens (including phenoxy) is 3. The first-order valence-corrected chi connectivity index (χ1v) is 6.19. The molecule has 0 amide bonds. The van der Waals surface area contributed by atoms with Gasteiger partial charge in [-0.3, -0.25) is 0 Å². The number of hydrogen-bond donors (Lipinski definition) is 1. The maximum atomic E-state index is 10.6. The summed E-state index contributed by atoms with van der Waals surface area (Å²) in [6.45, 7) is 2.64. The average Bonchev–Trinajstić information content (AvgIpc) is 2.36. The van der Waals surface area contributed by atoms with Gasteiger partial charge in [-0.25, -0.2) is 0 Å². The molecule has 0 aliphatic heterocycles. The number of benzene rings is 1. The van der Waals surface area contributed by atoms with Crippen LogP contribution in [0, 0.1) is 0 Å². The van der Waals surface area contributed by atoms with Crippen molar-refractivity contribution in [1.82, 2.24) is 0 Å². The van der Waals surface area contributed by atoms with Gasteiger partial charge in [0.1, 0.15) is 11.5 Å². The first kappa shape index (κ1) is 13.2. The van der Waals surface area contributed by atoms with Crippen molar-refractivity contribution in [2.75, 3.05) is 20.8 Å². The summed E-state index contributed by atoms with van der Waals surface area (Å²) in [5.74, 6) is 1.38. The maximum absolute atomic E-state index is 10.6. The van der Waals surface area contributed by atoms with Crippen LogP contribution in [0.5, 0.6) is 11.5 Å². The quantitative estimate of drug-likeness (QED) is 0.871. The van der Waals surface area contributed by atoms with Gasteiger partial charge in [-0.1, -0.05) is 0 Å². The summed E-state index contributed by atoms with van der Waals surface area (Å²) in [7, 11) is 3.21. The van der Waals surface area contributed by atoms with E-state index in [1.54, 1.807) is 20.3 Å².